The molecule has 0 aliphatic heterocycles. The first-order valence-electron chi connectivity index (χ1n) is 5.42. The second-order valence-electron chi connectivity index (χ2n) is 3.69. The van der Waals surface area contributed by atoms with Gasteiger partial charge in [0, 0.05) is 12.1 Å². The van der Waals surface area contributed by atoms with Crippen LogP contribution >= 0.6 is 12.2 Å². The van der Waals surface area contributed by atoms with E-state index in [0.29, 0.717) is 16.4 Å². The van der Waals surface area contributed by atoms with Gasteiger partial charge in [0.2, 0.25) is 0 Å². The summed E-state index contributed by atoms with van der Waals surface area (Å²) in [5.74, 6) is 0.224. The average Bonchev–Trinajstić information content (AvgIpc) is 2.26. The first-order chi connectivity index (χ1) is 8.04. The molecular formula is C12H17N3OS. The third-order valence-corrected chi connectivity index (χ3v) is 2.44. The summed E-state index contributed by atoms with van der Waals surface area (Å²) >= 11 is 4.98. The van der Waals surface area contributed by atoms with Crippen LogP contribution in [-0.4, -0.2) is 22.5 Å². The van der Waals surface area contributed by atoms with Crippen molar-refractivity contribution in [1.29, 1.82) is 0 Å². The molecule has 4 nitrogen and oxygen atoms in total. The zero-order valence-corrected chi connectivity index (χ0v) is 11.1. The molecule has 0 saturated heterocycles. The van der Waals surface area contributed by atoms with Gasteiger partial charge in [-0.05, 0) is 50.7 Å². The summed E-state index contributed by atoms with van der Waals surface area (Å²) in [6, 6.07) is 5.47. The minimum atomic E-state index is 0.224. The van der Waals surface area contributed by atoms with Crippen molar-refractivity contribution in [1.82, 2.24) is 10.7 Å². The van der Waals surface area contributed by atoms with Crippen LogP contribution in [0.25, 0.3) is 0 Å². The number of phenolic OH excluding ortho intramolecular Hbond substituents is 1. The van der Waals surface area contributed by atoms with Crippen molar-refractivity contribution in [3.05, 3.63) is 29.3 Å². The molecule has 0 amide bonds. The van der Waals surface area contributed by atoms with Crippen LogP contribution in [0.5, 0.6) is 5.75 Å². The van der Waals surface area contributed by atoms with Gasteiger partial charge in [0.05, 0.1) is 5.71 Å². The third-order valence-electron chi connectivity index (χ3n) is 2.21. The molecule has 0 radical (unpaired) electrons. The Kier molecular flexibility index (Phi) is 4.90. The highest BCUT2D eigenvalue weighted by Gasteiger charge is 2.04. The van der Waals surface area contributed by atoms with Crippen molar-refractivity contribution >= 4 is 23.0 Å². The molecule has 3 N–H and O–H groups in total. The van der Waals surface area contributed by atoms with E-state index >= 15 is 0 Å². The van der Waals surface area contributed by atoms with Crippen LogP contribution in [0.2, 0.25) is 0 Å². The van der Waals surface area contributed by atoms with E-state index in [1.807, 2.05) is 32.9 Å². The van der Waals surface area contributed by atoms with Gasteiger partial charge in [0.1, 0.15) is 5.75 Å². The number of nitrogens with one attached hydrogen (secondary N) is 2. The lowest BCUT2D eigenvalue weighted by Crippen LogP contribution is -2.32. The lowest BCUT2D eigenvalue weighted by atomic mass is 10.1. The van der Waals surface area contributed by atoms with Crippen molar-refractivity contribution in [2.24, 2.45) is 5.10 Å². The van der Waals surface area contributed by atoms with Crippen molar-refractivity contribution < 1.29 is 5.11 Å². The Balaban J connectivity index is 2.78. The molecule has 17 heavy (non-hydrogen) atoms. The SMILES string of the molecule is CCNC(=S)N/N=C(\C)c1ccc(C)cc1O. The molecule has 1 aromatic carbocycles. The smallest absolute Gasteiger partial charge is 0.186 e. The Morgan fingerprint density at radius 3 is 2.76 bits per heavy atom. The van der Waals surface area contributed by atoms with Crippen LogP contribution in [0.15, 0.2) is 23.3 Å². The minimum absolute atomic E-state index is 0.224. The predicted octanol–water partition coefficient (Wildman–Crippen LogP) is 1.91. The molecule has 0 spiro atoms. The maximum absolute atomic E-state index is 9.77. The number of phenols is 1. The molecule has 0 fully saturated rings. The predicted molar refractivity (Wildman–Crippen MR) is 74.5 cm³/mol. The van der Waals surface area contributed by atoms with E-state index in [0.717, 1.165) is 12.1 Å². The highest BCUT2D eigenvalue weighted by Crippen LogP contribution is 2.18. The van der Waals surface area contributed by atoms with Gasteiger partial charge in [-0.15, -0.1) is 0 Å². The second-order valence-corrected chi connectivity index (χ2v) is 4.10. The topological polar surface area (TPSA) is 56.7 Å². The Bertz CT molecular complexity index is 443. The molecule has 92 valence electrons. The van der Waals surface area contributed by atoms with Gasteiger partial charge in [-0.3, -0.25) is 5.43 Å². The largest absolute Gasteiger partial charge is 0.507 e. The van der Waals surface area contributed by atoms with Crippen LogP contribution < -0.4 is 10.7 Å². The standard InChI is InChI=1S/C12H17N3OS/c1-4-13-12(17)15-14-9(3)10-6-5-8(2)7-11(10)16/h5-7,16H,4H2,1-3H3,(H2,13,15,17)/b14-9+. The maximum Gasteiger partial charge on any atom is 0.186 e. The molecular weight excluding hydrogens is 234 g/mol. The first kappa shape index (κ1) is 13.4. The second kappa shape index (κ2) is 6.20. The van der Waals surface area contributed by atoms with E-state index in [9.17, 15) is 5.11 Å². The number of hydrazone groups is 1. The quantitative estimate of drug-likeness (QED) is 0.436. The van der Waals surface area contributed by atoms with Crippen molar-refractivity contribution in [3.8, 4) is 5.75 Å². The van der Waals surface area contributed by atoms with Gasteiger partial charge >= 0.3 is 0 Å². The number of hydrogen-bond donors (Lipinski definition) is 3. The number of rotatable bonds is 3. The molecule has 1 aromatic rings. The summed E-state index contributed by atoms with van der Waals surface area (Å²) in [6.45, 7) is 6.44. The fourth-order valence-electron chi connectivity index (χ4n) is 1.34. The van der Waals surface area contributed by atoms with E-state index in [1.165, 1.54) is 0 Å². The summed E-state index contributed by atoms with van der Waals surface area (Å²) in [5, 5.41) is 17.3. The molecule has 1 rings (SSSR count). The van der Waals surface area contributed by atoms with Gasteiger partial charge in [-0.25, -0.2) is 0 Å². The number of benzene rings is 1. The fourth-order valence-corrected chi connectivity index (χ4v) is 1.53. The van der Waals surface area contributed by atoms with Crippen molar-refractivity contribution in [2.75, 3.05) is 6.54 Å². The van der Waals surface area contributed by atoms with E-state index in [2.05, 4.69) is 15.8 Å². The summed E-state index contributed by atoms with van der Waals surface area (Å²) < 4.78 is 0. The summed E-state index contributed by atoms with van der Waals surface area (Å²) in [5.41, 5.74) is 5.11. The lowest BCUT2D eigenvalue weighted by molar-refractivity contribution is 0.473. The van der Waals surface area contributed by atoms with Gasteiger partial charge in [-0.2, -0.15) is 5.10 Å². The Morgan fingerprint density at radius 2 is 2.18 bits per heavy atom. The molecule has 0 unspecified atom stereocenters. The van der Waals surface area contributed by atoms with E-state index in [1.54, 1.807) is 6.07 Å². The number of aromatic hydroxyl groups is 1. The van der Waals surface area contributed by atoms with E-state index in [4.69, 9.17) is 12.2 Å². The average molecular weight is 251 g/mol. The van der Waals surface area contributed by atoms with E-state index < -0.39 is 0 Å². The van der Waals surface area contributed by atoms with Crippen LogP contribution in [0.4, 0.5) is 0 Å². The van der Waals surface area contributed by atoms with Crippen molar-refractivity contribution in [3.63, 3.8) is 0 Å². The maximum atomic E-state index is 9.77. The molecule has 0 aliphatic rings. The zero-order chi connectivity index (χ0) is 12.8. The highest BCUT2D eigenvalue weighted by molar-refractivity contribution is 7.80. The number of thiocarbonyl (C=S) groups is 1. The number of nitrogens with zero attached hydrogens (tertiary/aromatic N) is 1. The van der Waals surface area contributed by atoms with E-state index in [-0.39, 0.29) is 5.75 Å². The van der Waals surface area contributed by atoms with Crippen LogP contribution in [0.3, 0.4) is 0 Å². The monoisotopic (exact) mass is 251 g/mol. The Morgan fingerprint density at radius 1 is 1.47 bits per heavy atom. The molecule has 0 atom stereocenters. The Hall–Kier alpha value is -1.62. The number of hydrogen-bond acceptors (Lipinski definition) is 3. The third kappa shape index (κ3) is 4.03. The summed E-state index contributed by atoms with van der Waals surface area (Å²) in [6.07, 6.45) is 0. The van der Waals surface area contributed by atoms with Crippen LogP contribution in [0, 0.1) is 6.92 Å². The number of aryl methyl sites for hydroxylation is 1. The van der Waals surface area contributed by atoms with Crippen LogP contribution in [-0.2, 0) is 0 Å². The molecule has 0 heterocycles. The molecule has 5 heteroatoms. The molecule has 0 aliphatic carbocycles. The van der Waals surface area contributed by atoms with Gasteiger partial charge in [-0.1, -0.05) is 6.07 Å². The Labute approximate surface area is 107 Å². The van der Waals surface area contributed by atoms with Gasteiger partial charge in [0.25, 0.3) is 0 Å². The zero-order valence-electron chi connectivity index (χ0n) is 10.2. The molecule has 0 aromatic heterocycles. The van der Waals surface area contributed by atoms with Gasteiger partial charge in [0.15, 0.2) is 5.11 Å². The van der Waals surface area contributed by atoms with Gasteiger partial charge < -0.3 is 10.4 Å². The molecule has 0 saturated carbocycles. The normalized spacial score (nSPS) is 11.1. The summed E-state index contributed by atoms with van der Waals surface area (Å²) in [7, 11) is 0. The summed E-state index contributed by atoms with van der Waals surface area (Å²) in [4.78, 5) is 0. The van der Waals surface area contributed by atoms with Crippen molar-refractivity contribution in [2.45, 2.75) is 20.8 Å². The molecule has 0 bridgehead atoms. The fraction of sp³-hybridized carbons (Fsp3) is 0.333. The highest BCUT2D eigenvalue weighted by atomic mass is 32.1. The lowest BCUT2D eigenvalue weighted by Gasteiger charge is -2.07. The van der Waals surface area contributed by atoms with Crippen LogP contribution in [0.1, 0.15) is 25.0 Å². The minimum Gasteiger partial charge on any atom is -0.507 e. The first-order valence-corrected chi connectivity index (χ1v) is 5.83.